The van der Waals surface area contributed by atoms with E-state index in [-0.39, 0.29) is 36.0 Å². The topological polar surface area (TPSA) is 134 Å². The van der Waals surface area contributed by atoms with E-state index in [4.69, 9.17) is 42.8 Å². The minimum Gasteiger partial charge on any atom is -0.481 e. The summed E-state index contributed by atoms with van der Waals surface area (Å²) in [6, 6.07) is 10.9. The van der Waals surface area contributed by atoms with Gasteiger partial charge in [0.2, 0.25) is 17.7 Å². The average molecular weight is 739 g/mol. The van der Waals surface area contributed by atoms with Gasteiger partial charge >= 0.3 is 0 Å². The van der Waals surface area contributed by atoms with Crippen molar-refractivity contribution in [3.63, 3.8) is 0 Å². The van der Waals surface area contributed by atoms with Crippen LogP contribution < -0.4 is 24.7 Å². The van der Waals surface area contributed by atoms with Crippen molar-refractivity contribution < 1.29 is 24.2 Å². The first-order valence-corrected chi connectivity index (χ1v) is 17.5. The molecular formula is C36H41Cl2N7O6. The smallest absolute Gasteiger partial charge is 0.235 e. The number of anilines is 2. The van der Waals surface area contributed by atoms with Crippen molar-refractivity contribution in [3.8, 4) is 17.4 Å². The number of amides is 1. The van der Waals surface area contributed by atoms with Gasteiger partial charge in [-0.1, -0.05) is 23.2 Å². The number of aromatic nitrogens is 3. The second kappa shape index (κ2) is 15.4. The van der Waals surface area contributed by atoms with Crippen molar-refractivity contribution in [2.24, 2.45) is 0 Å². The number of hydrogen-bond donors (Lipinski definition) is 1. The third-order valence-electron chi connectivity index (χ3n) is 9.82. The SMILES string of the molecule is CO.COc1ccc(Cl)c(OCC2CC(N3CCCC3=O)CN2c2cc3c(cc2Cl)c(=O)c(C=O)cn3-c2ccc(N3CC(N(C)C)C3)nc2)n1. The quantitative estimate of drug-likeness (QED) is 0.238. The minimum absolute atomic E-state index is 0.0136. The van der Waals surface area contributed by atoms with E-state index in [2.05, 4.69) is 33.8 Å². The van der Waals surface area contributed by atoms with E-state index in [0.29, 0.717) is 76.5 Å². The molecule has 1 amide bonds. The largest absolute Gasteiger partial charge is 0.481 e. The molecule has 0 aliphatic carbocycles. The van der Waals surface area contributed by atoms with Gasteiger partial charge < -0.3 is 38.7 Å². The Kier molecular flexibility index (Phi) is 11.0. The molecule has 0 radical (unpaired) electrons. The summed E-state index contributed by atoms with van der Waals surface area (Å²) in [6.07, 6.45) is 5.84. The molecular weight excluding hydrogens is 697 g/mol. The Morgan fingerprint density at radius 1 is 1.04 bits per heavy atom. The van der Waals surface area contributed by atoms with Gasteiger partial charge in [-0.15, -0.1) is 0 Å². The number of nitrogens with zero attached hydrogens (tertiary/aromatic N) is 7. The first-order chi connectivity index (χ1) is 24.6. The lowest BCUT2D eigenvalue weighted by atomic mass is 10.1. The molecule has 3 aromatic heterocycles. The van der Waals surface area contributed by atoms with Crippen LogP contribution >= 0.6 is 23.2 Å². The van der Waals surface area contributed by atoms with E-state index in [1.807, 2.05) is 23.1 Å². The van der Waals surface area contributed by atoms with Gasteiger partial charge in [-0.3, -0.25) is 14.4 Å². The first-order valence-electron chi connectivity index (χ1n) is 16.7. The normalized spacial score (nSPS) is 19.0. The summed E-state index contributed by atoms with van der Waals surface area (Å²) in [5.74, 6) is 1.61. The fraction of sp³-hybridized carbons (Fsp3) is 0.417. The molecule has 0 spiro atoms. The van der Waals surface area contributed by atoms with Crippen molar-refractivity contribution in [2.75, 3.05) is 70.9 Å². The van der Waals surface area contributed by atoms with Gasteiger partial charge in [0.25, 0.3) is 0 Å². The molecule has 4 aromatic rings. The van der Waals surface area contributed by atoms with Crippen LogP contribution in [0.1, 0.15) is 29.6 Å². The van der Waals surface area contributed by atoms with Crippen LogP contribution in [-0.2, 0) is 4.79 Å². The lowest BCUT2D eigenvalue weighted by molar-refractivity contribution is -0.129. The molecule has 2 atom stereocenters. The number of halogens is 2. The summed E-state index contributed by atoms with van der Waals surface area (Å²) >= 11 is 13.4. The molecule has 2 unspecified atom stereocenters. The molecule has 0 bridgehead atoms. The van der Waals surface area contributed by atoms with Gasteiger partial charge in [-0.25, -0.2) is 4.98 Å². The molecule has 0 saturated carbocycles. The Morgan fingerprint density at radius 3 is 2.47 bits per heavy atom. The predicted molar refractivity (Wildman–Crippen MR) is 197 cm³/mol. The Bertz CT molecular complexity index is 1970. The number of aliphatic hydroxyl groups excluding tert-OH is 1. The monoisotopic (exact) mass is 737 g/mol. The molecule has 3 aliphatic heterocycles. The van der Waals surface area contributed by atoms with Gasteiger partial charge in [-0.05, 0) is 57.3 Å². The second-order valence-electron chi connectivity index (χ2n) is 13.0. The third-order valence-corrected chi connectivity index (χ3v) is 10.4. The zero-order chi connectivity index (χ0) is 36.4. The summed E-state index contributed by atoms with van der Waals surface area (Å²) in [5, 5.41) is 8.00. The van der Waals surface area contributed by atoms with Gasteiger partial charge in [0.1, 0.15) is 17.4 Å². The Labute approximate surface area is 305 Å². The Morgan fingerprint density at radius 2 is 1.82 bits per heavy atom. The Balaban J connectivity index is 0.00000220. The van der Waals surface area contributed by atoms with E-state index in [9.17, 15) is 14.4 Å². The van der Waals surface area contributed by atoms with Crippen molar-refractivity contribution in [3.05, 3.63) is 74.6 Å². The summed E-state index contributed by atoms with van der Waals surface area (Å²) < 4.78 is 13.2. The number of hydrogen-bond acceptors (Lipinski definition) is 11. The van der Waals surface area contributed by atoms with Gasteiger partial charge in [0.15, 0.2) is 11.7 Å². The lowest BCUT2D eigenvalue weighted by Crippen LogP contribution is -2.57. The van der Waals surface area contributed by atoms with E-state index < -0.39 is 5.43 Å². The first kappa shape index (κ1) is 36.4. The number of likely N-dealkylation sites (N-methyl/N-ethyl adjacent to an activating group) is 1. The average Bonchev–Trinajstić information content (AvgIpc) is 3.74. The van der Waals surface area contributed by atoms with Crippen molar-refractivity contribution >= 4 is 57.8 Å². The number of methoxy groups -OCH3 is 1. The Hall–Kier alpha value is -4.43. The zero-order valence-electron chi connectivity index (χ0n) is 29.0. The van der Waals surface area contributed by atoms with Crippen LogP contribution in [0.15, 0.2) is 53.6 Å². The highest BCUT2D eigenvalue weighted by molar-refractivity contribution is 6.34. The molecule has 13 nitrogen and oxygen atoms in total. The molecule has 51 heavy (non-hydrogen) atoms. The molecule has 3 fully saturated rings. The highest BCUT2D eigenvalue weighted by atomic mass is 35.5. The van der Waals surface area contributed by atoms with Crippen molar-refractivity contribution in [1.82, 2.24) is 24.3 Å². The summed E-state index contributed by atoms with van der Waals surface area (Å²) in [5.41, 5.74) is 1.54. The van der Waals surface area contributed by atoms with Crippen LogP contribution in [0.5, 0.6) is 11.8 Å². The molecule has 270 valence electrons. The zero-order valence-corrected chi connectivity index (χ0v) is 30.5. The number of benzene rings is 1. The minimum atomic E-state index is -0.407. The number of carbonyl (C=O) groups is 2. The van der Waals surface area contributed by atoms with Crippen molar-refractivity contribution in [2.45, 2.75) is 37.4 Å². The molecule has 6 heterocycles. The van der Waals surface area contributed by atoms with Crippen molar-refractivity contribution in [1.29, 1.82) is 0 Å². The van der Waals surface area contributed by atoms with Crippen LogP contribution in [0.3, 0.4) is 0 Å². The van der Waals surface area contributed by atoms with E-state index in [1.165, 1.54) is 7.11 Å². The summed E-state index contributed by atoms with van der Waals surface area (Å²) in [7, 11) is 6.66. The number of likely N-dealkylation sites (tertiary alicyclic amines) is 1. The number of rotatable bonds is 10. The van der Waals surface area contributed by atoms with E-state index in [1.54, 1.807) is 35.2 Å². The molecule has 1 N–H and O–H groups in total. The van der Waals surface area contributed by atoms with Crippen LogP contribution in [0.2, 0.25) is 10.0 Å². The summed E-state index contributed by atoms with van der Waals surface area (Å²) in [4.78, 5) is 55.8. The van der Waals surface area contributed by atoms with Crippen LogP contribution in [0.25, 0.3) is 16.6 Å². The number of pyridine rings is 3. The maximum Gasteiger partial charge on any atom is 0.235 e. The number of ether oxygens (including phenoxy) is 2. The molecule has 1 aromatic carbocycles. The highest BCUT2D eigenvalue weighted by Gasteiger charge is 2.40. The maximum absolute atomic E-state index is 13.4. The number of carbonyl (C=O) groups excluding carboxylic acids is 2. The number of aliphatic hydroxyl groups is 1. The maximum atomic E-state index is 13.4. The van der Waals surface area contributed by atoms with Gasteiger partial charge in [0.05, 0.1) is 52.9 Å². The van der Waals surface area contributed by atoms with Gasteiger partial charge in [0, 0.05) is 63.4 Å². The summed E-state index contributed by atoms with van der Waals surface area (Å²) in [6.45, 7) is 3.20. The lowest BCUT2D eigenvalue weighted by Gasteiger charge is -2.43. The standard InChI is InChI=1S/C35H37Cl2N7O5.CH4O/c1-40(2)25-16-41(17-25)31-8-6-22(14-38-31)43-15-21(19-45)34(47)26-12-28(37)30(13-29(26)43)44-18-23(42-10-4-5-33(42)46)11-24(44)20-49-35-27(36)7-9-32(39-35)48-3;1-2/h6-9,12-15,19,23-25H,4-5,10-11,16-18,20H2,1-3H3;2H,1H3. The van der Waals surface area contributed by atoms with Crippen LogP contribution in [0.4, 0.5) is 11.5 Å². The highest BCUT2D eigenvalue weighted by Crippen LogP contribution is 2.38. The number of fused-ring (bicyclic) bond motifs is 1. The predicted octanol–water partition coefficient (Wildman–Crippen LogP) is 3.92. The molecule has 7 rings (SSSR count). The van der Waals surface area contributed by atoms with Crippen LogP contribution in [0, 0.1) is 0 Å². The number of aldehydes is 1. The van der Waals surface area contributed by atoms with E-state index >= 15 is 0 Å². The van der Waals surface area contributed by atoms with Gasteiger partial charge in [-0.2, -0.15) is 4.98 Å². The third kappa shape index (κ3) is 7.21. The van der Waals surface area contributed by atoms with E-state index in [0.717, 1.165) is 32.4 Å². The second-order valence-corrected chi connectivity index (χ2v) is 13.8. The fourth-order valence-corrected chi connectivity index (χ4v) is 7.40. The van der Waals surface area contributed by atoms with Crippen LogP contribution in [-0.4, -0.2) is 121 Å². The molecule has 15 heteroatoms. The fourth-order valence-electron chi connectivity index (χ4n) is 6.97. The molecule has 3 saturated heterocycles. The molecule has 3 aliphatic rings.